The fourth-order valence-corrected chi connectivity index (χ4v) is 3.81. The van der Waals surface area contributed by atoms with E-state index in [0.717, 1.165) is 60.7 Å². The highest BCUT2D eigenvalue weighted by molar-refractivity contribution is 5.65. The van der Waals surface area contributed by atoms with Gasteiger partial charge in [-0.1, -0.05) is 18.2 Å². The van der Waals surface area contributed by atoms with Crippen molar-refractivity contribution in [1.82, 2.24) is 15.3 Å². The van der Waals surface area contributed by atoms with Gasteiger partial charge in [-0.15, -0.1) is 0 Å². The van der Waals surface area contributed by atoms with Crippen molar-refractivity contribution in [2.45, 2.75) is 38.1 Å². The van der Waals surface area contributed by atoms with Crippen molar-refractivity contribution in [3.8, 4) is 17.0 Å². The van der Waals surface area contributed by atoms with Crippen LogP contribution < -0.4 is 10.6 Å². The van der Waals surface area contributed by atoms with Gasteiger partial charge in [0.25, 0.3) is 0 Å². The van der Waals surface area contributed by atoms with Gasteiger partial charge in [-0.2, -0.15) is 0 Å². The zero-order valence-electron chi connectivity index (χ0n) is 16.9. The summed E-state index contributed by atoms with van der Waals surface area (Å²) in [7, 11) is 0. The lowest BCUT2D eigenvalue weighted by atomic mass is 10.1. The number of aromatic hydroxyl groups is 1. The molecule has 4 rings (SSSR count). The summed E-state index contributed by atoms with van der Waals surface area (Å²) in [6, 6.07) is 15.3. The van der Waals surface area contributed by atoms with Gasteiger partial charge >= 0.3 is 0 Å². The van der Waals surface area contributed by atoms with Crippen molar-refractivity contribution < 1.29 is 9.50 Å². The molecule has 1 aliphatic heterocycles. The van der Waals surface area contributed by atoms with E-state index in [2.05, 4.69) is 39.9 Å². The summed E-state index contributed by atoms with van der Waals surface area (Å²) in [5.41, 5.74) is 3.95. The van der Waals surface area contributed by atoms with Gasteiger partial charge in [0.05, 0.1) is 5.69 Å². The molecule has 0 spiro atoms. The molecule has 2 heterocycles. The predicted octanol–water partition coefficient (Wildman–Crippen LogP) is 4.33. The average Bonchev–Trinajstić information content (AvgIpc) is 2.77. The number of aromatic nitrogens is 2. The Bertz CT molecular complexity index is 988. The van der Waals surface area contributed by atoms with Gasteiger partial charge in [0.2, 0.25) is 0 Å². The Morgan fingerprint density at radius 2 is 1.93 bits per heavy atom. The van der Waals surface area contributed by atoms with Crippen LogP contribution in [0.4, 0.5) is 10.1 Å². The highest BCUT2D eigenvalue weighted by Crippen LogP contribution is 2.23. The van der Waals surface area contributed by atoms with Crippen LogP contribution in [0.2, 0.25) is 0 Å². The second-order valence-corrected chi connectivity index (χ2v) is 7.75. The minimum Gasteiger partial charge on any atom is -0.505 e. The standard InChI is InChI=1S/C24H27FN4O/c25-21-15-17(7-8-23(21)30)3-1-6-24-27-14-11-22(29-24)18-4-2-5-20(16-18)28-19-9-12-26-13-10-19/h2,4-5,7-8,11,14-16,19,26,28,30H,1,3,6,9-10,12-13H2. The molecule has 0 aliphatic carbocycles. The minimum absolute atomic E-state index is 0.313. The molecule has 1 aromatic heterocycles. The van der Waals surface area contributed by atoms with E-state index in [4.69, 9.17) is 4.98 Å². The number of nitrogens with zero attached hydrogens (tertiary/aromatic N) is 2. The van der Waals surface area contributed by atoms with Gasteiger partial charge in [-0.05, 0) is 74.7 Å². The average molecular weight is 407 g/mol. The maximum atomic E-state index is 13.5. The SMILES string of the molecule is Oc1ccc(CCCc2nccc(-c3cccc(NC4CCNCC4)c3)n2)cc1F. The molecule has 0 amide bonds. The Morgan fingerprint density at radius 1 is 1.07 bits per heavy atom. The van der Waals surface area contributed by atoms with Crippen LogP contribution in [0.15, 0.2) is 54.7 Å². The van der Waals surface area contributed by atoms with E-state index in [9.17, 15) is 9.50 Å². The first-order valence-electron chi connectivity index (χ1n) is 10.5. The topological polar surface area (TPSA) is 70.1 Å². The zero-order valence-corrected chi connectivity index (χ0v) is 16.9. The number of halogens is 1. The maximum absolute atomic E-state index is 13.5. The number of benzene rings is 2. The second-order valence-electron chi connectivity index (χ2n) is 7.75. The number of aryl methyl sites for hydroxylation is 2. The van der Waals surface area contributed by atoms with Gasteiger partial charge in [0, 0.05) is 29.9 Å². The molecule has 0 atom stereocenters. The Kier molecular flexibility index (Phi) is 6.54. The molecule has 0 unspecified atom stereocenters. The third kappa shape index (κ3) is 5.33. The summed E-state index contributed by atoms with van der Waals surface area (Å²) in [6.07, 6.45) is 6.29. The number of phenolic OH excluding ortho intramolecular Hbond substituents is 1. The Hall–Kier alpha value is -2.99. The van der Waals surface area contributed by atoms with E-state index >= 15 is 0 Å². The van der Waals surface area contributed by atoms with E-state index < -0.39 is 5.82 Å². The lowest BCUT2D eigenvalue weighted by molar-refractivity contribution is 0.431. The molecule has 0 saturated carbocycles. The molecule has 1 aliphatic rings. The molecule has 0 bridgehead atoms. The highest BCUT2D eigenvalue weighted by atomic mass is 19.1. The number of rotatable bonds is 7. The van der Waals surface area contributed by atoms with Gasteiger partial charge in [-0.3, -0.25) is 0 Å². The first-order valence-corrected chi connectivity index (χ1v) is 10.5. The quantitative estimate of drug-likeness (QED) is 0.545. The van der Waals surface area contributed by atoms with Crippen LogP contribution in [0.3, 0.4) is 0 Å². The van der Waals surface area contributed by atoms with Gasteiger partial charge < -0.3 is 15.7 Å². The number of phenols is 1. The fraction of sp³-hybridized carbons (Fsp3) is 0.333. The smallest absolute Gasteiger partial charge is 0.165 e. The van der Waals surface area contributed by atoms with Crippen LogP contribution in [-0.4, -0.2) is 34.2 Å². The molecule has 6 heteroatoms. The summed E-state index contributed by atoms with van der Waals surface area (Å²) < 4.78 is 13.5. The Morgan fingerprint density at radius 3 is 2.77 bits per heavy atom. The second kappa shape index (κ2) is 9.67. The summed E-state index contributed by atoms with van der Waals surface area (Å²) in [4.78, 5) is 9.13. The van der Waals surface area contributed by atoms with Crippen molar-refractivity contribution in [2.75, 3.05) is 18.4 Å². The van der Waals surface area contributed by atoms with E-state index in [1.807, 2.05) is 6.07 Å². The molecule has 3 aromatic rings. The summed E-state index contributed by atoms with van der Waals surface area (Å²) in [5, 5.41) is 16.3. The van der Waals surface area contributed by atoms with E-state index in [0.29, 0.717) is 18.9 Å². The van der Waals surface area contributed by atoms with Gasteiger partial charge in [0.1, 0.15) is 5.82 Å². The minimum atomic E-state index is -0.580. The molecule has 30 heavy (non-hydrogen) atoms. The van der Waals surface area contributed by atoms with Crippen LogP contribution in [0.1, 0.15) is 30.7 Å². The van der Waals surface area contributed by atoms with E-state index in [1.54, 1.807) is 12.3 Å². The summed E-state index contributed by atoms with van der Waals surface area (Å²) >= 11 is 0. The van der Waals surface area contributed by atoms with Crippen LogP contribution in [0, 0.1) is 5.82 Å². The normalized spacial score (nSPS) is 14.6. The largest absolute Gasteiger partial charge is 0.505 e. The molecule has 0 radical (unpaired) electrons. The van der Waals surface area contributed by atoms with E-state index in [-0.39, 0.29) is 5.75 Å². The number of piperidine rings is 1. The third-order valence-corrected chi connectivity index (χ3v) is 5.45. The predicted molar refractivity (Wildman–Crippen MR) is 117 cm³/mol. The van der Waals surface area contributed by atoms with Crippen LogP contribution in [-0.2, 0) is 12.8 Å². The highest BCUT2D eigenvalue weighted by Gasteiger charge is 2.13. The molecule has 1 fully saturated rings. The third-order valence-electron chi connectivity index (χ3n) is 5.45. The lowest BCUT2D eigenvalue weighted by Crippen LogP contribution is -2.35. The number of nitrogens with one attached hydrogen (secondary N) is 2. The van der Waals surface area contributed by atoms with Crippen LogP contribution >= 0.6 is 0 Å². The molecule has 1 saturated heterocycles. The lowest BCUT2D eigenvalue weighted by Gasteiger charge is -2.24. The van der Waals surface area contributed by atoms with Crippen LogP contribution in [0.5, 0.6) is 5.75 Å². The molecule has 3 N–H and O–H groups in total. The first kappa shape index (κ1) is 20.3. The van der Waals surface area contributed by atoms with Crippen molar-refractivity contribution >= 4 is 5.69 Å². The van der Waals surface area contributed by atoms with E-state index in [1.165, 1.54) is 12.1 Å². The summed E-state index contributed by atoms with van der Waals surface area (Å²) in [5.74, 6) is -0.112. The van der Waals surface area contributed by atoms with Gasteiger partial charge in [-0.25, -0.2) is 14.4 Å². The van der Waals surface area contributed by atoms with Crippen molar-refractivity contribution in [3.63, 3.8) is 0 Å². The van der Waals surface area contributed by atoms with Crippen LogP contribution in [0.25, 0.3) is 11.3 Å². The molecule has 5 nitrogen and oxygen atoms in total. The number of anilines is 1. The fourth-order valence-electron chi connectivity index (χ4n) is 3.81. The van der Waals surface area contributed by atoms with Crippen molar-refractivity contribution in [1.29, 1.82) is 0 Å². The summed E-state index contributed by atoms with van der Waals surface area (Å²) in [6.45, 7) is 2.12. The number of hydrogen-bond donors (Lipinski definition) is 3. The monoisotopic (exact) mass is 406 g/mol. The Labute approximate surface area is 176 Å². The van der Waals surface area contributed by atoms with Gasteiger partial charge in [0.15, 0.2) is 11.6 Å². The first-order chi connectivity index (χ1) is 14.7. The molecular weight excluding hydrogens is 379 g/mol. The van der Waals surface area contributed by atoms with Crippen molar-refractivity contribution in [2.24, 2.45) is 0 Å². The number of hydrogen-bond acceptors (Lipinski definition) is 5. The maximum Gasteiger partial charge on any atom is 0.165 e. The van der Waals surface area contributed by atoms with Crippen molar-refractivity contribution in [3.05, 3.63) is 71.9 Å². The molecule has 2 aromatic carbocycles. The molecular formula is C24H27FN4O. The Balaban J connectivity index is 1.39. The zero-order chi connectivity index (χ0) is 20.8. The molecule has 156 valence electrons.